The van der Waals surface area contributed by atoms with Crippen LogP contribution in [0.5, 0.6) is 0 Å². The second kappa shape index (κ2) is 4.10. The van der Waals surface area contributed by atoms with Crippen LogP contribution in [0, 0.1) is 11.3 Å². The summed E-state index contributed by atoms with van der Waals surface area (Å²) in [5, 5.41) is 0. The van der Waals surface area contributed by atoms with E-state index in [9.17, 15) is 0 Å². The second-order valence-electron chi connectivity index (χ2n) is 7.12. The number of hydrogen-bond donors (Lipinski definition) is 0. The predicted octanol–water partition coefficient (Wildman–Crippen LogP) is 5.13. The molecule has 0 aliphatic heterocycles. The minimum Gasteiger partial charge on any atom is -0.0955 e. The number of rotatable bonds is 0. The van der Waals surface area contributed by atoms with Gasteiger partial charge in [0.25, 0.3) is 0 Å². The molecule has 100 valence electrons. The number of fused-ring (bicyclic) bond motifs is 3. The van der Waals surface area contributed by atoms with Crippen molar-refractivity contribution in [2.24, 2.45) is 11.3 Å². The van der Waals surface area contributed by atoms with Crippen molar-refractivity contribution in [1.29, 1.82) is 0 Å². The molecule has 2 atom stereocenters. The lowest BCUT2D eigenvalue weighted by Gasteiger charge is -2.43. The van der Waals surface area contributed by atoms with Crippen molar-refractivity contribution in [1.82, 2.24) is 0 Å². The lowest BCUT2D eigenvalue weighted by atomic mass is 9.61. The fourth-order valence-electron chi connectivity index (χ4n) is 3.88. The quantitative estimate of drug-likeness (QED) is 0.600. The van der Waals surface area contributed by atoms with Crippen molar-refractivity contribution < 1.29 is 0 Å². The zero-order valence-electron chi connectivity index (χ0n) is 12.6. The van der Waals surface area contributed by atoms with E-state index in [1.165, 1.54) is 17.6 Å². The Bertz CT molecular complexity index is 572. The molecule has 1 aromatic rings. The van der Waals surface area contributed by atoms with Crippen LogP contribution in [-0.4, -0.2) is 0 Å². The van der Waals surface area contributed by atoms with E-state index in [1.54, 1.807) is 16.7 Å². The van der Waals surface area contributed by atoms with E-state index in [4.69, 9.17) is 0 Å². The Morgan fingerprint density at radius 1 is 1.16 bits per heavy atom. The van der Waals surface area contributed by atoms with Crippen LogP contribution in [0.25, 0.3) is 6.08 Å². The Morgan fingerprint density at radius 2 is 1.89 bits per heavy atom. The third kappa shape index (κ3) is 1.89. The zero-order chi connectivity index (χ0) is 13.8. The van der Waals surface area contributed by atoms with E-state index >= 15 is 0 Å². The molecule has 0 fully saturated rings. The smallest absolute Gasteiger partial charge is 0.00228 e. The van der Waals surface area contributed by atoms with Crippen molar-refractivity contribution in [3.63, 3.8) is 0 Å². The first-order valence-electron chi connectivity index (χ1n) is 7.40. The number of hydrogen-bond acceptors (Lipinski definition) is 0. The van der Waals surface area contributed by atoms with Crippen LogP contribution in [0.2, 0.25) is 0 Å². The maximum atomic E-state index is 4.15. The van der Waals surface area contributed by atoms with Gasteiger partial charge >= 0.3 is 0 Å². The van der Waals surface area contributed by atoms with Gasteiger partial charge < -0.3 is 0 Å². The third-order valence-electron chi connectivity index (χ3n) is 5.47. The van der Waals surface area contributed by atoms with E-state index in [1.807, 2.05) is 0 Å². The highest BCUT2D eigenvalue weighted by Gasteiger charge is 2.38. The van der Waals surface area contributed by atoms with Gasteiger partial charge in [0.2, 0.25) is 0 Å². The number of allylic oxidation sites excluding steroid dienone is 2. The van der Waals surface area contributed by atoms with Gasteiger partial charge in [0.1, 0.15) is 0 Å². The maximum absolute atomic E-state index is 4.15. The Balaban J connectivity index is 2.19. The van der Waals surface area contributed by atoms with Crippen LogP contribution in [-0.2, 0) is 12.8 Å². The summed E-state index contributed by atoms with van der Waals surface area (Å²) in [6, 6.07) is 4.66. The van der Waals surface area contributed by atoms with Gasteiger partial charge in [0.05, 0.1) is 0 Å². The first-order valence-corrected chi connectivity index (χ1v) is 7.40. The SMILES string of the molecule is C=C1C=Cc2ccc3c(c2C1)C(C)C(C)C(C)(C)C3. The molecule has 1 aromatic carbocycles. The van der Waals surface area contributed by atoms with Gasteiger partial charge in [0, 0.05) is 0 Å². The lowest BCUT2D eigenvalue weighted by molar-refractivity contribution is 0.182. The monoisotopic (exact) mass is 252 g/mol. The van der Waals surface area contributed by atoms with Gasteiger partial charge in [-0.1, -0.05) is 64.1 Å². The highest BCUT2D eigenvalue weighted by Crippen LogP contribution is 2.48. The Morgan fingerprint density at radius 3 is 2.63 bits per heavy atom. The van der Waals surface area contributed by atoms with E-state index < -0.39 is 0 Å². The van der Waals surface area contributed by atoms with Crippen molar-refractivity contribution >= 4 is 6.08 Å². The minimum absolute atomic E-state index is 0.405. The molecule has 2 aliphatic rings. The summed E-state index contributed by atoms with van der Waals surface area (Å²) >= 11 is 0. The van der Waals surface area contributed by atoms with Gasteiger partial charge in [-0.05, 0) is 52.3 Å². The molecule has 0 radical (unpaired) electrons. The van der Waals surface area contributed by atoms with Gasteiger partial charge in [-0.15, -0.1) is 0 Å². The van der Waals surface area contributed by atoms with Crippen LogP contribution < -0.4 is 0 Å². The molecule has 0 bridgehead atoms. The fourth-order valence-corrected chi connectivity index (χ4v) is 3.88. The topological polar surface area (TPSA) is 0 Å². The number of benzene rings is 1. The molecule has 0 saturated carbocycles. The van der Waals surface area contributed by atoms with Crippen LogP contribution in [0.4, 0.5) is 0 Å². The molecule has 2 aliphatic carbocycles. The Labute approximate surface area is 117 Å². The van der Waals surface area contributed by atoms with E-state index in [2.05, 4.69) is 58.6 Å². The average Bonchev–Trinajstić information content (AvgIpc) is 2.35. The minimum atomic E-state index is 0.405. The predicted molar refractivity (Wildman–Crippen MR) is 83.4 cm³/mol. The molecule has 0 amide bonds. The van der Waals surface area contributed by atoms with Crippen LogP contribution >= 0.6 is 0 Å². The summed E-state index contributed by atoms with van der Waals surface area (Å²) in [6.45, 7) is 13.8. The lowest BCUT2D eigenvalue weighted by Crippen LogP contribution is -2.34. The Kier molecular flexibility index (Phi) is 2.74. The molecular formula is C19H24. The average molecular weight is 252 g/mol. The van der Waals surface area contributed by atoms with Crippen molar-refractivity contribution in [3.05, 3.63) is 52.6 Å². The van der Waals surface area contributed by atoms with Crippen molar-refractivity contribution in [2.75, 3.05) is 0 Å². The summed E-state index contributed by atoms with van der Waals surface area (Å²) in [5.41, 5.74) is 7.78. The molecule has 0 nitrogen and oxygen atoms in total. The third-order valence-corrected chi connectivity index (χ3v) is 5.47. The summed E-state index contributed by atoms with van der Waals surface area (Å²) < 4.78 is 0. The van der Waals surface area contributed by atoms with E-state index in [0.29, 0.717) is 11.3 Å². The molecule has 0 N–H and O–H groups in total. The van der Waals surface area contributed by atoms with Crippen LogP contribution in [0.1, 0.15) is 55.9 Å². The highest BCUT2D eigenvalue weighted by atomic mass is 14.4. The normalized spacial score (nSPS) is 27.9. The molecule has 3 rings (SSSR count). The summed E-state index contributed by atoms with van der Waals surface area (Å²) in [7, 11) is 0. The first-order chi connectivity index (χ1) is 8.90. The molecule has 0 heteroatoms. The van der Waals surface area contributed by atoms with Gasteiger partial charge in [-0.2, -0.15) is 0 Å². The second-order valence-corrected chi connectivity index (χ2v) is 7.12. The molecular weight excluding hydrogens is 228 g/mol. The highest BCUT2D eigenvalue weighted by molar-refractivity contribution is 5.65. The van der Waals surface area contributed by atoms with Crippen molar-refractivity contribution in [2.45, 2.75) is 46.5 Å². The zero-order valence-corrected chi connectivity index (χ0v) is 12.6. The van der Waals surface area contributed by atoms with Crippen LogP contribution in [0.15, 0.2) is 30.4 Å². The van der Waals surface area contributed by atoms with Crippen LogP contribution in [0.3, 0.4) is 0 Å². The Hall–Kier alpha value is -1.30. The molecule has 0 spiro atoms. The van der Waals surface area contributed by atoms with Gasteiger partial charge in [-0.25, -0.2) is 0 Å². The van der Waals surface area contributed by atoms with E-state index in [-0.39, 0.29) is 0 Å². The van der Waals surface area contributed by atoms with Gasteiger partial charge in [0.15, 0.2) is 0 Å². The standard InChI is InChI=1S/C19H24/c1-12-6-7-15-8-9-16-11-19(4,5)14(3)13(2)18(16)17(15)10-12/h6-9,13-14H,1,10-11H2,2-5H3. The molecule has 0 saturated heterocycles. The summed E-state index contributed by atoms with van der Waals surface area (Å²) in [4.78, 5) is 0. The molecule has 0 aromatic heterocycles. The maximum Gasteiger partial charge on any atom is -0.00228 e. The fraction of sp³-hybridized carbons (Fsp3) is 0.474. The molecule has 19 heavy (non-hydrogen) atoms. The van der Waals surface area contributed by atoms with Crippen molar-refractivity contribution in [3.8, 4) is 0 Å². The largest absolute Gasteiger partial charge is 0.0955 e. The molecule has 0 heterocycles. The van der Waals surface area contributed by atoms with E-state index in [0.717, 1.165) is 12.3 Å². The summed E-state index contributed by atoms with van der Waals surface area (Å²) in [5.74, 6) is 1.37. The first kappa shape index (κ1) is 12.7. The summed E-state index contributed by atoms with van der Waals surface area (Å²) in [6.07, 6.45) is 6.64. The van der Waals surface area contributed by atoms with Gasteiger partial charge in [-0.3, -0.25) is 0 Å². The molecule has 2 unspecified atom stereocenters.